The molecule has 0 radical (unpaired) electrons. The molecule has 1 atom stereocenters. The molecule has 0 saturated carbocycles. The van der Waals surface area contributed by atoms with E-state index in [1.807, 2.05) is 36.1 Å². The molecule has 1 aliphatic rings. The summed E-state index contributed by atoms with van der Waals surface area (Å²) in [5.41, 5.74) is 2.30. The number of hydrogen-bond donors (Lipinski definition) is 0. The van der Waals surface area contributed by atoms with E-state index >= 15 is 0 Å². The maximum Gasteiger partial charge on any atom is 0.186 e. The summed E-state index contributed by atoms with van der Waals surface area (Å²) in [6.45, 7) is 6.27. The maximum atomic E-state index is 6.09. The van der Waals surface area contributed by atoms with Gasteiger partial charge < -0.3 is 4.90 Å². The minimum atomic E-state index is 0.481. The molecular weight excluding hydrogens is 342 g/mol. The Kier molecular flexibility index (Phi) is 4.20. The van der Waals surface area contributed by atoms with Gasteiger partial charge in [0.2, 0.25) is 0 Å². The smallest absolute Gasteiger partial charge is 0.186 e. The van der Waals surface area contributed by atoms with E-state index in [-0.39, 0.29) is 0 Å². The van der Waals surface area contributed by atoms with E-state index < -0.39 is 0 Å². The fraction of sp³-hybridized carbons (Fsp3) is 0.412. The summed E-state index contributed by atoms with van der Waals surface area (Å²) in [7, 11) is 1.96. The molecule has 24 heavy (non-hydrogen) atoms. The molecule has 3 heterocycles. The number of benzene rings is 1. The number of halogens is 1. The molecule has 1 aromatic carbocycles. The Morgan fingerprint density at radius 2 is 2.21 bits per heavy atom. The standard InChI is InChI=1S/C17H20ClN5S/c1-12-9-23(6-5-22(12)11-13-8-19-21(2)10-13)17-20-15-4-3-14(18)7-16(15)24-17/h3-4,7-8,10,12H,5-6,9,11H2,1-2H3. The third kappa shape index (κ3) is 3.14. The third-order valence-corrected chi connectivity index (χ3v) is 5.83. The molecule has 1 fully saturated rings. The molecule has 126 valence electrons. The van der Waals surface area contributed by atoms with Crippen molar-refractivity contribution in [3.8, 4) is 0 Å². The summed E-state index contributed by atoms with van der Waals surface area (Å²) in [5.74, 6) is 0. The topological polar surface area (TPSA) is 37.2 Å². The first-order valence-corrected chi connectivity index (χ1v) is 9.30. The molecule has 7 heteroatoms. The van der Waals surface area contributed by atoms with Crippen molar-refractivity contribution in [1.82, 2.24) is 19.7 Å². The van der Waals surface area contributed by atoms with Crippen LogP contribution in [0.4, 0.5) is 5.13 Å². The highest BCUT2D eigenvalue weighted by atomic mass is 35.5. The third-order valence-electron chi connectivity index (χ3n) is 4.52. The Morgan fingerprint density at radius 1 is 1.33 bits per heavy atom. The van der Waals surface area contributed by atoms with Gasteiger partial charge >= 0.3 is 0 Å². The van der Waals surface area contributed by atoms with Crippen molar-refractivity contribution in [2.75, 3.05) is 24.5 Å². The lowest BCUT2D eigenvalue weighted by molar-refractivity contribution is 0.181. The summed E-state index contributed by atoms with van der Waals surface area (Å²) in [6.07, 6.45) is 4.05. The van der Waals surface area contributed by atoms with Crippen LogP contribution in [0.1, 0.15) is 12.5 Å². The first kappa shape index (κ1) is 15.9. The summed E-state index contributed by atoms with van der Waals surface area (Å²) in [5, 5.41) is 6.13. The molecule has 1 saturated heterocycles. The summed E-state index contributed by atoms with van der Waals surface area (Å²) in [6, 6.07) is 6.39. The zero-order valence-electron chi connectivity index (χ0n) is 13.8. The van der Waals surface area contributed by atoms with Crippen LogP contribution in [0.25, 0.3) is 10.2 Å². The normalized spacial score (nSPS) is 19.3. The molecule has 1 unspecified atom stereocenters. The van der Waals surface area contributed by atoms with Crippen LogP contribution in [-0.2, 0) is 13.6 Å². The molecule has 2 aromatic heterocycles. The van der Waals surface area contributed by atoms with Gasteiger partial charge in [-0.2, -0.15) is 5.10 Å². The van der Waals surface area contributed by atoms with Crippen LogP contribution in [0.2, 0.25) is 5.02 Å². The van der Waals surface area contributed by atoms with Crippen molar-refractivity contribution in [2.45, 2.75) is 19.5 Å². The zero-order valence-corrected chi connectivity index (χ0v) is 15.4. The van der Waals surface area contributed by atoms with Gasteiger partial charge in [-0.3, -0.25) is 9.58 Å². The highest BCUT2D eigenvalue weighted by molar-refractivity contribution is 7.22. The number of fused-ring (bicyclic) bond motifs is 1. The second kappa shape index (κ2) is 6.35. The van der Waals surface area contributed by atoms with Crippen molar-refractivity contribution >= 4 is 38.3 Å². The number of anilines is 1. The molecule has 0 bridgehead atoms. The van der Waals surface area contributed by atoms with E-state index in [4.69, 9.17) is 16.6 Å². The van der Waals surface area contributed by atoms with Crippen LogP contribution in [0.5, 0.6) is 0 Å². The number of piperazine rings is 1. The van der Waals surface area contributed by atoms with Gasteiger partial charge in [-0.05, 0) is 25.1 Å². The van der Waals surface area contributed by atoms with Crippen LogP contribution >= 0.6 is 22.9 Å². The lowest BCUT2D eigenvalue weighted by Crippen LogP contribution is -2.51. The Hall–Kier alpha value is -1.63. The minimum Gasteiger partial charge on any atom is -0.345 e. The molecule has 0 spiro atoms. The number of aryl methyl sites for hydroxylation is 1. The van der Waals surface area contributed by atoms with E-state index in [1.165, 1.54) is 5.56 Å². The van der Waals surface area contributed by atoms with Gasteiger partial charge in [0.15, 0.2) is 5.13 Å². The van der Waals surface area contributed by atoms with E-state index in [9.17, 15) is 0 Å². The maximum absolute atomic E-state index is 6.09. The predicted octanol–water partition coefficient (Wildman–Crippen LogP) is 3.39. The lowest BCUT2D eigenvalue weighted by atomic mass is 10.2. The van der Waals surface area contributed by atoms with Crippen LogP contribution in [0.3, 0.4) is 0 Å². The minimum absolute atomic E-state index is 0.481. The van der Waals surface area contributed by atoms with Gasteiger partial charge in [-0.1, -0.05) is 22.9 Å². The lowest BCUT2D eigenvalue weighted by Gasteiger charge is -2.39. The zero-order chi connectivity index (χ0) is 16.7. The SMILES string of the molecule is CC1CN(c2nc3ccc(Cl)cc3s2)CCN1Cc1cnn(C)c1. The van der Waals surface area contributed by atoms with Crippen molar-refractivity contribution in [3.05, 3.63) is 41.2 Å². The Balaban J connectivity index is 1.47. The average molecular weight is 362 g/mol. The van der Waals surface area contributed by atoms with Crippen molar-refractivity contribution in [1.29, 1.82) is 0 Å². The fourth-order valence-electron chi connectivity index (χ4n) is 3.21. The molecule has 0 N–H and O–H groups in total. The number of aromatic nitrogens is 3. The van der Waals surface area contributed by atoms with E-state index in [1.54, 1.807) is 11.3 Å². The Labute approximate surface area is 150 Å². The number of thiazole rings is 1. The van der Waals surface area contributed by atoms with Gasteiger partial charge in [-0.25, -0.2) is 4.98 Å². The number of hydrogen-bond acceptors (Lipinski definition) is 5. The van der Waals surface area contributed by atoms with Gasteiger partial charge in [0.1, 0.15) is 0 Å². The fourth-order valence-corrected chi connectivity index (χ4v) is 4.49. The molecular formula is C17H20ClN5S. The summed E-state index contributed by atoms with van der Waals surface area (Å²) < 4.78 is 3.02. The van der Waals surface area contributed by atoms with E-state index in [0.717, 1.165) is 46.5 Å². The molecule has 0 aliphatic carbocycles. The van der Waals surface area contributed by atoms with Crippen LogP contribution in [-0.4, -0.2) is 45.3 Å². The van der Waals surface area contributed by atoms with Gasteiger partial charge in [0.25, 0.3) is 0 Å². The molecule has 0 amide bonds. The van der Waals surface area contributed by atoms with E-state index in [0.29, 0.717) is 6.04 Å². The largest absolute Gasteiger partial charge is 0.345 e. The van der Waals surface area contributed by atoms with Gasteiger partial charge in [0.05, 0.1) is 16.4 Å². The Morgan fingerprint density at radius 3 is 2.96 bits per heavy atom. The van der Waals surface area contributed by atoms with Crippen molar-refractivity contribution in [3.63, 3.8) is 0 Å². The molecule has 1 aliphatic heterocycles. The quantitative estimate of drug-likeness (QED) is 0.716. The summed E-state index contributed by atoms with van der Waals surface area (Å²) in [4.78, 5) is 9.68. The second-order valence-corrected chi connectivity index (χ2v) is 7.84. The van der Waals surface area contributed by atoms with Crippen molar-refractivity contribution in [2.24, 2.45) is 7.05 Å². The first-order chi connectivity index (χ1) is 11.6. The van der Waals surface area contributed by atoms with Gasteiger partial charge in [-0.15, -0.1) is 0 Å². The van der Waals surface area contributed by atoms with E-state index in [2.05, 4.69) is 28.0 Å². The average Bonchev–Trinajstić information content (AvgIpc) is 3.15. The first-order valence-electron chi connectivity index (χ1n) is 8.11. The molecule has 4 rings (SSSR count). The predicted molar refractivity (Wildman–Crippen MR) is 99.9 cm³/mol. The van der Waals surface area contributed by atoms with Crippen molar-refractivity contribution < 1.29 is 0 Å². The molecule has 3 aromatic rings. The Bertz CT molecular complexity index is 858. The van der Waals surface area contributed by atoms with Crippen LogP contribution in [0, 0.1) is 0 Å². The van der Waals surface area contributed by atoms with Crippen LogP contribution in [0.15, 0.2) is 30.6 Å². The number of rotatable bonds is 3. The van der Waals surface area contributed by atoms with Gasteiger partial charge in [0, 0.05) is 56.1 Å². The molecule has 5 nitrogen and oxygen atoms in total. The highest BCUT2D eigenvalue weighted by Crippen LogP contribution is 2.32. The summed E-state index contributed by atoms with van der Waals surface area (Å²) >= 11 is 7.81. The number of nitrogens with zero attached hydrogens (tertiary/aromatic N) is 5. The second-order valence-electron chi connectivity index (χ2n) is 6.40. The monoisotopic (exact) mass is 361 g/mol. The highest BCUT2D eigenvalue weighted by Gasteiger charge is 2.25. The van der Waals surface area contributed by atoms with Crippen LogP contribution < -0.4 is 4.90 Å².